The highest BCUT2D eigenvalue weighted by Crippen LogP contribution is 2.28. The van der Waals surface area contributed by atoms with Crippen molar-refractivity contribution in [2.75, 3.05) is 31.3 Å². The summed E-state index contributed by atoms with van der Waals surface area (Å²) in [4.78, 5) is 26.2. The zero-order chi connectivity index (χ0) is 25.8. The molecule has 35 heavy (non-hydrogen) atoms. The summed E-state index contributed by atoms with van der Waals surface area (Å²) in [5.41, 5.74) is 15.1. The Bertz CT molecular complexity index is 976. The van der Waals surface area contributed by atoms with Gasteiger partial charge in [0.15, 0.2) is 0 Å². The number of hydrogen-bond donors (Lipinski definition) is 2. The van der Waals surface area contributed by atoms with E-state index in [2.05, 4.69) is 6.92 Å². The van der Waals surface area contributed by atoms with Gasteiger partial charge >= 0.3 is 5.97 Å². The maximum Gasteiger partial charge on any atom is 0.309 e. The maximum atomic E-state index is 13.4. The number of rotatable bonds is 15. The van der Waals surface area contributed by atoms with Crippen molar-refractivity contribution in [3.05, 3.63) is 47.5 Å². The van der Waals surface area contributed by atoms with Crippen molar-refractivity contribution in [3.8, 4) is 11.5 Å². The van der Waals surface area contributed by atoms with Crippen LogP contribution in [0, 0.1) is 11.8 Å². The monoisotopic (exact) mass is 484 g/mol. The molecule has 0 saturated carbocycles. The lowest BCUT2D eigenvalue weighted by atomic mass is 9.84. The van der Waals surface area contributed by atoms with Gasteiger partial charge in [0.25, 0.3) is 0 Å². The predicted molar refractivity (Wildman–Crippen MR) is 140 cm³/mol. The van der Waals surface area contributed by atoms with E-state index in [1.807, 2.05) is 38.1 Å². The van der Waals surface area contributed by atoms with Gasteiger partial charge < -0.3 is 25.7 Å². The van der Waals surface area contributed by atoms with E-state index in [9.17, 15) is 9.59 Å². The van der Waals surface area contributed by atoms with Gasteiger partial charge in [0.1, 0.15) is 17.3 Å². The minimum atomic E-state index is -0.579. The first kappa shape index (κ1) is 28.0. The van der Waals surface area contributed by atoms with E-state index in [0.29, 0.717) is 48.9 Å². The zero-order valence-electron chi connectivity index (χ0n) is 21.5. The van der Waals surface area contributed by atoms with Gasteiger partial charge in [-0.2, -0.15) is 0 Å². The van der Waals surface area contributed by atoms with Gasteiger partial charge in [0, 0.05) is 12.3 Å². The molecule has 2 atom stereocenters. The first-order valence-corrected chi connectivity index (χ1v) is 12.5. The lowest BCUT2D eigenvalue weighted by Crippen LogP contribution is -2.27. The van der Waals surface area contributed by atoms with E-state index in [-0.39, 0.29) is 30.7 Å². The van der Waals surface area contributed by atoms with Gasteiger partial charge in [0.2, 0.25) is 0 Å². The third-order valence-corrected chi connectivity index (χ3v) is 5.87. The molecule has 4 N–H and O–H groups in total. The Labute approximate surface area is 209 Å². The molecule has 2 rings (SSSR count). The number of nitrogen functional groups attached to an aromatic ring is 2. The normalized spacial score (nSPS) is 12.6. The minimum absolute atomic E-state index is 0.0521. The van der Waals surface area contributed by atoms with Crippen LogP contribution < -0.4 is 20.9 Å². The molecule has 2 aromatic rings. The maximum absolute atomic E-state index is 13.4. The lowest BCUT2D eigenvalue weighted by molar-refractivity contribution is -0.150. The summed E-state index contributed by atoms with van der Waals surface area (Å²) in [5.74, 6) is 0.152. The van der Waals surface area contributed by atoms with Crippen LogP contribution in [0.5, 0.6) is 11.5 Å². The molecule has 0 spiro atoms. The van der Waals surface area contributed by atoms with Crippen LogP contribution in [0.4, 0.5) is 11.4 Å². The lowest BCUT2D eigenvalue weighted by Gasteiger charge is -2.20. The molecule has 0 radical (unpaired) electrons. The third kappa shape index (κ3) is 8.50. The predicted octanol–water partition coefficient (Wildman–Crippen LogP) is 4.99. The minimum Gasteiger partial charge on any atom is -0.492 e. The number of benzene rings is 2. The molecule has 0 bridgehead atoms. The molecule has 0 aliphatic heterocycles. The second-order valence-corrected chi connectivity index (χ2v) is 8.62. The summed E-state index contributed by atoms with van der Waals surface area (Å²) in [6, 6.07) is 11.1. The van der Waals surface area contributed by atoms with Crippen molar-refractivity contribution < 1.29 is 23.8 Å². The summed E-state index contributed by atoms with van der Waals surface area (Å²) in [6.07, 6.45) is 2.65. The number of Topliss-reactive ketones (excluding diaryl/α,β-unsaturated/α-hetero) is 1. The van der Waals surface area contributed by atoms with Crippen LogP contribution in [0.3, 0.4) is 0 Å². The fraction of sp³-hybridized carbons (Fsp3) is 0.500. The highest BCUT2D eigenvalue weighted by Gasteiger charge is 2.28. The first-order chi connectivity index (χ1) is 16.8. The van der Waals surface area contributed by atoms with Crippen LogP contribution in [-0.4, -0.2) is 31.6 Å². The molecule has 0 aromatic heterocycles. The average molecular weight is 485 g/mol. The van der Waals surface area contributed by atoms with Crippen molar-refractivity contribution in [2.24, 2.45) is 11.8 Å². The molecule has 0 aliphatic carbocycles. The summed E-state index contributed by atoms with van der Waals surface area (Å²) >= 11 is 0. The molecule has 2 aromatic carbocycles. The quantitative estimate of drug-likeness (QED) is 0.270. The average Bonchev–Trinajstić information content (AvgIpc) is 2.82. The summed E-state index contributed by atoms with van der Waals surface area (Å²) in [7, 11) is 0. The van der Waals surface area contributed by atoms with E-state index in [0.717, 1.165) is 24.0 Å². The fourth-order valence-corrected chi connectivity index (χ4v) is 4.23. The number of hydrogen-bond acceptors (Lipinski definition) is 7. The van der Waals surface area contributed by atoms with Crippen LogP contribution in [-0.2, 0) is 27.2 Å². The van der Waals surface area contributed by atoms with Crippen molar-refractivity contribution >= 4 is 23.1 Å². The summed E-state index contributed by atoms with van der Waals surface area (Å²) in [6.45, 7) is 8.94. The highest BCUT2D eigenvalue weighted by molar-refractivity contribution is 5.86. The zero-order valence-corrected chi connectivity index (χ0v) is 21.5. The number of anilines is 2. The van der Waals surface area contributed by atoms with E-state index < -0.39 is 5.92 Å². The Morgan fingerprint density at radius 1 is 0.771 bits per heavy atom. The second-order valence-electron chi connectivity index (χ2n) is 8.62. The van der Waals surface area contributed by atoms with Crippen LogP contribution in [0.2, 0.25) is 0 Å². The van der Waals surface area contributed by atoms with Crippen LogP contribution in [0.15, 0.2) is 36.4 Å². The Hall–Kier alpha value is -3.22. The number of ketones is 1. The number of ether oxygens (including phenoxy) is 3. The largest absolute Gasteiger partial charge is 0.492 e. The Kier molecular flexibility index (Phi) is 11.4. The molecule has 0 fully saturated rings. The molecule has 0 heterocycles. The first-order valence-electron chi connectivity index (χ1n) is 12.5. The second kappa shape index (κ2) is 14.2. The molecule has 7 nitrogen and oxygen atoms in total. The van der Waals surface area contributed by atoms with E-state index >= 15 is 0 Å². The van der Waals surface area contributed by atoms with E-state index in [1.165, 1.54) is 0 Å². The molecule has 0 aliphatic rings. The van der Waals surface area contributed by atoms with Gasteiger partial charge in [-0.05, 0) is 75.4 Å². The number of carbonyl (C=O) groups excluding carboxylic acids is 2. The third-order valence-electron chi connectivity index (χ3n) is 5.87. The molecular weight excluding hydrogens is 444 g/mol. The van der Waals surface area contributed by atoms with Gasteiger partial charge in [-0.3, -0.25) is 9.59 Å². The Morgan fingerprint density at radius 2 is 1.29 bits per heavy atom. The number of carbonyl (C=O) groups is 2. The SMILES string of the molecule is CCCC(Cc1ccc(OCC)c(N)c1)C(=O)CC(Cc1ccc(OCC)c(N)c1)C(=O)OCC. The van der Waals surface area contributed by atoms with Crippen molar-refractivity contribution in [2.45, 2.75) is 59.8 Å². The van der Waals surface area contributed by atoms with E-state index in [1.54, 1.807) is 19.1 Å². The Morgan fingerprint density at radius 3 is 1.71 bits per heavy atom. The molecular formula is C28H40N2O5. The number of nitrogens with two attached hydrogens (primary N) is 2. The smallest absolute Gasteiger partial charge is 0.309 e. The Balaban J connectivity index is 2.18. The standard InChI is InChI=1S/C28H40N2O5/c1-5-9-21(14-19-10-12-26(33-6-2)23(29)16-19)25(31)18-22(28(32)35-8-4)15-20-11-13-27(34-7-3)24(30)17-20/h10-13,16-17,21-22H,5-9,14-15,18,29-30H2,1-4H3. The van der Waals surface area contributed by atoms with Gasteiger partial charge in [0.05, 0.1) is 37.1 Å². The van der Waals surface area contributed by atoms with Gasteiger partial charge in [-0.1, -0.05) is 25.5 Å². The van der Waals surface area contributed by atoms with Crippen LogP contribution in [0.1, 0.15) is 58.1 Å². The molecule has 0 amide bonds. The summed E-state index contributed by atoms with van der Waals surface area (Å²) in [5, 5.41) is 0. The van der Waals surface area contributed by atoms with E-state index in [4.69, 9.17) is 25.7 Å². The number of esters is 1. The van der Waals surface area contributed by atoms with Crippen molar-refractivity contribution in [3.63, 3.8) is 0 Å². The van der Waals surface area contributed by atoms with Crippen LogP contribution >= 0.6 is 0 Å². The molecule has 0 saturated heterocycles. The highest BCUT2D eigenvalue weighted by atomic mass is 16.5. The topological polar surface area (TPSA) is 114 Å². The molecule has 2 unspecified atom stereocenters. The fourth-order valence-electron chi connectivity index (χ4n) is 4.23. The van der Waals surface area contributed by atoms with Crippen LogP contribution in [0.25, 0.3) is 0 Å². The van der Waals surface area contributed by atoms with Crippen molar-refractivity contribution in [1.82, 2.24) is 0 Å². The molecule has 7 heteroatoms. The van der Waals surface area contributed by atoms with Gasteiger partial charge in [-0.15, -0.1) is 0 Å². The van der Waals surface area contributed by atoms with Crippen molar-refractivity contribution in [1.29, 1.82) is 0 Å². The van der Waals surface area contributed by atoms with Gasteiger partial charge in [-0.25, -0.2) is 0 Å². The molecule has 192 valence electrons. The summed E-state index contributed by atoms with van der Waals surface area (Å²) < 4.78 is 16.3.